The van der Waals surface area contributed by atoms with Crippen LogP contribution in [0.25, 0.3) is 0 Å². The highest BCUT2D eigenvalue weighted by Crippen LogP contribution is 2.24. The summed E-state index contributed by atoms with van der Waals surface area (Å²) in [5, 5.41) is 14.5. The number of methoxy groups -OCH3 is 3. The van der Waals surface area contributed by atoms with Crippen LogP contribution in [0.1, 0.15) is 11.1 Å². The molecule has 0 spiro atoms. The molecule has 0 bridgehead atoms. The lowest BCUT2D eigenvalue weighted by atomic mass is 10.2. The van der Waals surface area contributed by atoms with Crippen molar-refractivity contribution in [2.45, 2.75) is 6.54 Å². The van der Waals surface area contributed by atoms with E-state index >= 15 is 0 Å². The predicted molar refractivity (Wildman–Crippen MR) is 93.1 cm³/mol. The van der Waals surface area contributed by atoms with Gasteiger partial charge < -0.3 is 24.8 Å². The number of carbonyl (C=O) groups excluding carboxylic acids is 1. The van der Waals surface area contributed by atoms with Crippen molar-refractivity contribution >= 4 is 11.7 Å². The minimum atomic E-state index is -0.449. The molecule has 0 radical (unpaired) electrons. The lowest BCUT2D eigenvalue weighted by molar-refractivity contribution is 0.251. The summed E-state index contributed by atoms with van der Waals surface area (Å²) >= 11 is 0. The van der Waals surface area contributed by atoms with Crippen molar-refractivity contribution < 1.29 is 19.0 Å². The molecule has 130 valence electrons. The third-order valence-corrected chi connectivity index (χ3v) is 3.52. The van der Waals surface area contributed by atoms with Crippen LogP contribution in [-0.2, 0) is 6.54 Å². The smallest absolute Gasteiger partial charge is 0.319 e. The lowest BCUT2D eigenvalue weighted by Crippen LogP contribution is -2.28. The van der Waals surface area contributed by atoms with Gasteiger partial charge in [0.1, 0.15) is 23.3 Å². The van der Waals surface area contributed by atoms with Crippen molar-refractivity contribution in [1.82, 2.24) is 5.32 Å². The van der Waals surface area contributed by atoms with E-state index in [1.54, 1.807) is 50.6 Å². The quantitative estimate of drug-likeness (QED) is 0.843. The topological polar surface area (TPSA) is 92.6 Å². The van der Waals surface area contributed by atoms with Crippen LogP contribution >= 0.6 is 0 Å². The van der Waals surface area contributed by atoms with Gasteiger partial charge in [0.2, 0.25) is 0 Å². The first-order chi connectivity index (χ1) is 12.1. The Kier molecular flexibility index (Phi) is 6.07. The monoisotopic (exact) mass is 341 g/mol. The first-order valence-corrected chi connectivity index (χ1v) is 7.45. The van der Waals surface area contributed by atoms with Gasteiger partial charge in [-0.05, 0) is 30.3 Å². The van der Waals surface area contributed by atoms with Gasteiger partial charge in [-0.25, -0.2) is 4.79 Å². The second kappa shape index (κ2) is 8.45. The number of urea groups is 1. The molecule has 0 saturated carbocycles. The summed E-state index contributed by atoms with van der Waals surface area (Å²) in [6.45, 7) is 0.234. The Hall–Kier alpha value is -3.40. The number of hydrogen-bond acceptors (Lipinski definition) is 5. The van der Waals surface area contributed by atoms with Crippen molar-refractivity contribution in [2.75, 3.05) is 26.6 Å². The Bertz CT molecular complexity index is 799. The summed E-state index contributed by atoms with van der Waals surface area (Å²) in [6, 6.07) is 11.7. The molecule has 0 unspecified atom stereocenters. The molecule has 2 amide bonds. The van der Waals surface area contributed by atoms with Crippen LogP contribution in [0.3, 0.4) is 0 Å². The fourth-order valence-electron chi connectivity index (χ4n) is 2.21. The minimum Gasteiger partial charge on any atom is -0.497 e. The summed E-state index contributed by atoms with van der Waals surface area (Å²) in [4.78, 5) is 12.2. The summed E-state index contributed by atoms with van der Waals surface area (Å²) in [5.41, 5.74) is 1.48. The zero-order chi connectivity index (χ0) is 18.2. The van der Waals surface area contributed by atoms with Gasteiger partial charge in [-0.15, -0.1) is 0 Å². The molecule has 0 aliphatic carbocycles. The van der Waals surface area contributed by atoms with Gasteiger partial charge in [-0.3, -0.25) is 0 Å². The first kappa shape index (κ1) is 17.9. The third kappa shape index (κ3) is 4.54. The molecule has 0 saturated heterocycles. The molecule has 0 aliphatic heterocycles. The summed E-state index contributed by atoms with van der Waals surface area (Å²) in [6.07, 6.45) is 0. The van der Waals surface area contributed by atoms with Crippen LogP contribution in [0.5, 0.6) is 17.2 Å². The van der Waals surface area contributed by atoms with E-state index in [0.29, 0.717) is 28.5 Å². The molecular formula is C18H19N3O4. The number of anilines is 1. The number of amides is 2. The molecule has 2 aromatic rings. The van der Waals surface area contributed by atoms with Gasteiger partial charge in [0.15, 0.2) is 0 Å². The van der Waals surface area contributed by atoms with E-state index in [1.807, 2.05) is 6.07 Å². The Labute approximate surface area is 146 Å². The maximum atomic E-state index is 12.2. The number of nitrogens with zero attached hydrogens (tertiary/aromatic N) is 1. The second-order valence-electron chi connectivity index (χ2n) is 5.01. The number of nitrogens with one attached hydrogen (secondary N) is 2. The van der Waals surface area contributed by atoms with Crippen LogP contribution in [0.15, 0.2) is 36.4 Å². The van der Waals surface area contributed by atoms with Gasteiger partial charge in [-0.2, -0.15) is 5.26 Å². The van der Waals surface area contributed by atoms with E-state index in [0.717, 1.165) is 5.56 Å². The Balaban J connectivity index is 2.08. The maximum Gasteiger partial charge on any atom is 0.319 e. The lowest BCUT2D eigenvalue weighted by Gasteiger charge is -2.13. The summed E-state index contributed by atoms with van der Waals surface area (Å²) < 4.78 is 15.6. The van der Waals surface area contributed by atoms with Crippen LogP contribution in [0, 0.1) is 11.3 Å². The number of hydrogen-bond donors (Lipinski definition) is 2. The molecule has 2 rings (SSSR count). The molecule has 0 atom stereocenters. The van der Waals surface area contributed by atoms with Crippen molar-refractivity contribution in [3.8, 4) is 23.3 Å². The number of ether oxygens (including phenoxy) is 3. The first-order valence-electron chi connectivity index (χ1n) is 7.45. The molecule has 2 aromatic carbocycles. The van der Waals surface area contributed by atoms with Crippen LogP contribution < -0.4 is 24.8 Å². The third-order valence-electron chi connectivity index (χ3n) is 3.52. The molecule has 2 N–H and O–H groups in total. The van der Waals surface area contributed by atoms with E-state index in [4.69, 9.17) is 19.5 Å². The van der Waals surface area contributed by atoms with Crippen LogP contribution in [-0.4, -0.2) is 27.4 Å². The van der Waals surface area contributed by atoms with Crippen molar-refractivity contribution in [3.05, 3.63) is 47.5 Å². The number of benzene rings is 2. The maximum absolute atomic E-state index is 12.2. The fraction of sp³-hybridized carbons (Fsp3) is 0.222. The van der Waals surface area contributed by atoms with Gasteiger partial charge in [0, 0.05) is 18.2 Å². The van der Waals surface area contributed by atoms with Gasteiger partial charge in [0.25, 0.3) is 0 Å². The van der Waals surface area contributed by atoms with Crippen molar-refractivity contribution in [1.29, 1.82) is 5.26 Å². The Morgan fingerprint density at radius 3 is 2.36 bits per heavy atom. The van der Waals surface area contributed by atoms with E-state index < -0.39 is 6.03 Å². The highest BCUT2D eigenvalue weighted by Gasteiger charge is 2.10. The van der Waals surface area contributed by atoms with Gasteiger partial charge in [-0.1, -0.05) is 0 Å². The highest BCUT2D eigenvalue weighted by atomic mass is 16.5. The largest absolute Gasteiger partial charge is 0.497 e. The molecule has 25 heavy (non-hydrogen) atoms. The minimum absolute atomic E-state index is 0.234. The summed E-state index contributed by atoms with van der Waals surface area (Å²) in [7, 11) is 4.64. The SMILES string of the molecule is COc1ccc(OC)c(CNC(=O)Nc2cc(OC)ccc2C#N)c1. The van der Waals surface area contributed by atoms with Crippen LogP contribution in [0.4, 0.5) is 10.5 Å². The predicted octanol–water partition coefficient (Wildman–Crippen LogP) is 2.91. The van der Waals surface area contributed by atoms with E-state index in [9.17, 15) is 4.79 Å². The normalized spacial score (nSPS) is 9.68. The zero-order valence-electron chi connectivity index (χ0n) is 14.3. The van der Waals surface area contributed by atoms with E-state index in [-0.39, 0.29) is 6.54 Å². The molecule has 0 aromatic heterocycles. The van der Waals surface area contributed by atoms with E-state index in [2.05, 4.69) is 10.6 Å². The molecule has 0 fully saturated rings. The average molecular weight is 341 g/mol. The molecular weight excluding hydrogens is 322 g/mol. The highest BCUT2D eigenvalue weighted by molar-refractivity contribution is 5.91. The number of carbonyl (C=O) groups is 1. The molecule has 7 nitrogen and oxygen atoms in total. The number of nitriles is 1. The zero-order valence-corrected chi connectivity index (χ0v) is 14.3. The fourth-order valence-corrected chi connectivity index (χ4v) is 2.21. The second-order valence-corrected chi connectivity index (χ2v) is 5.01. The van der Waals surface area contributed by atoms with Gasteiger partial charge in [0.05, 0.1) is 32.6 Å². The van der Waals surface area contributed by atoms with Crippen molar-refractivity contribution in [3.63, 3.8) is 0 Å². The molecule has 0 aliphatic rings. The van der Waals surface area contributed by atoms with E-state index in [1.165, 1.54) is 7.11 Å². The molecule has 7 heteroatoms. The standard InChI is InChI=1S/C18H19N3O4/c1-23-14-6-7-17(25-3)13(8-14)11-20-18(22)21-16-9-15(24-2)5-4-12(16)10-19/h4-9H,11H2,1-3H3,(H2,20,21,22). The molecule has 0 heterocycles. The average Bonchev–Trinajstić information content (AvgIpc) is 2.65. The van der Waals surface area contributed by atoms with Crippen LogP contribution in [0.2, 0.25) is 0 Å². The Morgan fingerprint density at radius 2 is 1.72 bits per heavy atom. The number of rotatable bonds is 6. The van der Waals surface area contributed by atoms with Gasteiger partial charge >= 0.3 is 6.03 Å². The van der Waals surface area contributed by atoms with Crippen molar-refractivity contribution in [2.24, 2.45) is 0 Å². The summed E-state index contributed by atoms with van der Waals surface area (Å²) in [5.74, 6) is 1.85. The Morgan fingerprint density at radius 1 is 1.04 bits per heavy atom.